The van der Waals surface area contributed by atoms with E-state index in [1.807, 2.05) is 43.3 Å². The quantitative estimate of drug-likeness (QED) is 0.236. The number of hydrogen-bond acceptors (Lipinski definition) is 11. The summed E-state index contributed by atoms with van der Waals surface area (Å²) < 4.78 is 29.7. The summed E-state index contributed by atoms with van der Waals surface area (Å²) in [6.45, 7) is 3.08. The van der Waals surface area contributed by atoms with Crippen LogP contribution < -0.4 is 16.2 Å². The predicted molar refractivity (Wildman–Crippen MR) is 174 cm³/mol. The molecule has 0 aliphatic carbocycles. The molecule has 1 fully saturated rings. The van der Waals surface area contributed by atoms with Crippen LogP contribution in [0.4, 0.5) is 17.3 Å². The molecule has 44 heavy (non-hydrogen) atoms. The molecular formula is C30H35N9O3S2. The van der Waals surface area contributed by atoms with Crippen LogP contribution in [0.2, 0.25) is 0 Å². The number of anilines is 3. The number of thiophene rings is 1. The minimum Gasteiger partial charge on any atom is -0.381 e. The molecule has 2 N–H and O–H groups in total. The van der Waals surface area contributed by atoms with Gasteiger partial charge in [-0.1, -0.05) is 6.07 Å². The molecule has 1 aliphatic rings. The number of rotatable bonds is 10. The molecule has 14 heteroatoms. The Morgan fingerprint density at radius 1 is 1.09 bits per heavy atom. The zero-order chi connectivity index (χ0) is 31.0. The third-order valence-electron chi connectivity index (χ3n) is 7.63. The highest BCUT2D eigenvalue weighted by Crippen LogP contribution is 2.28. The van der Waals surface area contributed by atoms with Gasteiger partial charge in [-0.15, -0.1) is 11.3 Å². The van der Waals surface area contributed by atoms with Gasteiger partial charge in [-0.05, 0) is 75.9 Å². The van der Waals surface area contributed by atoms with Gasteiger partial charge < -0.3 is 25.0 Å². The highest BCUT2D eigenvalue weighted by Gasteiger charge is 2.25. The lowest BCUT2D eigenvalue weighted by Crippen LogP contribution is -2.29. The van der Waals surface area contributed by atoms with Crippen LogP contribution in [0.5, 0.6) is 0 Å². The largest absolute Gasteiger partial charge is 0.381 e. The number of nitrogens with one attached hydrogen (secondary N) is 2. The molecule has 5 aromatic rings. The zero-order valence-corrected chi connectivity index (χ0v) is 26.7. The molecule has 0 radical (unpaired) electrons. The fourth-order valence-electron chi connectivity index (χ4n) is 5.29. The third kappa shape index (κ3) is 6.11. The zero-order valence-electron chi connectivity index (χ0n) is 25.1. The van der Waals surface area contributed by atoms with Crippen molar-refractivity contribution in [1.82, 2.24) is 33.9 Å². The predicted octanol–water partition coefficient (Wildman–Crippen LogP) is 3.51. The van der Waals surface area contributed by atoms with E-state index in [0.717, 1.165) is 42.2 Å². The van der Waals surface area contributed by atoms with Gasteiger partial charge in [-0.3, -0.25) is 9.36 Å². The average Bonchev–Trinajstić information content (AvgIpc) is 3.76. The van der Waals surface area contributed by atoms with Gasteiger partial charge in [0, 0.05) is 61.9 Å². The van der Waals surface area contributed by atoms with Crippen molar-refractivity contribution in [1.29, 1.82) is 0 Å². The van der Waals surface area contributed by atoms with Crippen molar-refractivity contribution in [3.05, 3.63) is 70.6 Å². The molecule has 0 bridgehead atoms. The number of pyridine rings is 1. The Kier molecular flexibility index (Phi) is 8.24. The molecule has 12 nitrogen and oxygen atoms in total. The number of aryl methyl sites for hydroxylation is 1. The number of imidazole rings is 1. The van der Waals surface area contributed by atoms with E-state index in [0.29, 0.717) is 36.1 Å². The Bertz CT molecular complexity index is 1950. The highest BCUT2D eigenvalue weighted by molar-refractivity contribution is 7.93. The molecule has 4 aromatic heterocycles. The van der Waals surface area contributed by atoms with Gasteiger partial charge in [0.05, 0.1) is 5.56 Å². The first-order chi connectivity index (χ1) is 21.1. The summed E-state index contributed by atoms with van der Waals surface area (Å²) in [5, 5.41) is 9.07. The molecule has 0 spiro atoms. The van der Waals surface area contributed by atoms with Gasteiger partial charge in [0.25, 0.3) is 5.56 Å². The second-order valence-corrected chi connectivity index (χ2v) is 14.4. The van der Waals surface area contributed by atoms with E-state index >= 15 is 0 Å². The second kappa shape index (κ2) is 12.1. The molecule has 1 atom stereocenters. The van der Waals surface area contributed by atoms with Crippen LogP contribution in [0.15, 0.2) is 74.3 Å². The normalized spacial score (nSPS) is 15.8. The molecule has 1 aromatic carbocycles. The van der Waals surface area contributed by atoms with Crippen molar-refractivity contribution in [2.45, 2.75) is 28.2 Å². The van der Waals surface area contributed by atoms with Crippen LogP contribution in [0, 0.1) is 0 Å². The molecule has 5 heterocycles. The summed E-state index contributed by atoms with van der Waals surface area (Å²) in [6, 6.07) is 13.3. The topological polar surface area (TPSA) is 130 Å². The van der Waals surface area contributed by atoms with E-state index in [1.165, 1.54) is 6.20 Å². The minimum atomic E-state index is -3.81. The van der Waals surface area contributed by atoms with Gasteiger partial charge in [-0.2, -0.15) is 4.98 Å². The number of aromatic nitrogens is 5. The van der Waals surface area contributed by atoms with Crippen molar-refractivity contribution < 1.29 is 8.42 Å². The van der Waals surface area contributed by atoms with Gasteiger partial charge in [0.15, 0.2) is 5.03 Å². The van der Waals surface area contributed by atoms with Crippen molar-refractivity contribution in [2.24, 2.45) is 7.05 Å². The average molecular weight is 634 g/mol. The van der Waals surface area contributed by atoms with Crippen LogP contribution in [0.25, 0.3) is 22.4 Å². The maximum atomic E-state index is 14.0. The lowest BCUT2D eigenvalue weighted by molar-refractivity contribution is 0.384. The maximum absolute atomic E-state index is 14.0. The summed E-state index contributed by atoms with van der Waals surface area (Å²) in [5.41, 5.74) is 2.31. The van der Waals surface area contributed by atoms with Gasteiger partial charge >= 0.3 is 0 Å². The van der Waals surface area contributed by atoms with E-state index in [-0.39, 0.29) is 26.2 Å². The van der Waals surface area contributed by atoms with Crippen LogP contribution in [0.3, 0.4) is 0 Å². The van der Waals surface area contributed by atoms with Crippen LogP contribution in [-0.2, 0) is 23.4 Å². The molecule has 6 rings (SSSR count). The Morgan fingerprint density at radius 2 is 1.86 bits per heavy atom. The standard InChI is InChI=1S/C30H35N9O3S2/c1-36(2)13-14-39-27-20(16-24(29(39)40)28-34-25(19-38(28)4)44(41,42)26-6-5-15-43-26)17-31-30(35-27)33-22-9-7-21(8-10-22)32-23-11-12-37(3)18-23/h5-10,15-17,19,23,32H,11-14,18H2,1-4H3,(H,31,33,35). The first kappa shape index (κ1) is 29.9. The number of sulfone groups is 1. The fourth-order valence-corrected chi connectivity index (χ4v) is 7.64. The lowest BCUT2D eigenvalue weighted by Gasteiger charge is -2.16. The Labute approximate surface area is 259 Å². The van der Waals surface area contributed by atoms with E-state index in [9.17, 15) is 13.2 Å². The van der Waals surface area contributed by atoms with Crippen molar-refractivity contribution in [3.8, 4) is 11.4 Å². The summed E-state index contributed by atoms with van der Waals surface area (Å²) >= 11 is 1.13. The first-order valence-corrected chi connectivity index (χ1v) is 16.6. The monoisotopic (exact) mass is 633 g/mol. The Hall–Kier alpha value is -4.11. The third-order valence-corrected chi connectivity index (χ3v) is 10.7. The SMILES string of the molecule is CN(C)CCn1c(=O)c(-c2nc(S(=O)(=O)c3cccs3)cn2C)cc2cnc(Nc3ccc(NC4CCN(C)C4)cc3)nc21. The number of hydrogen-bond donors (Lipinski definition) is 2. The fraction of sp³-hybridized carbons (Fsp3) is 0.333. The van der Waals surface area contributed by atoms with Crippen LogP contribution in [0.1, 0.15) is 6.42 Å². The molecular weight excluding hydrogens is 599 g/mol. The molecule has 1 aliphatic heterocycles. The summed E-state index contributed by atoms with van der Waals surface area (Å²) in [7, 11) is 3.87. The molecule has 0 saturated carbocycles. The minimum absolute atomic E-state index is 0.107. The van der Waals surface area contributed by atoms with E-state index < -0.39 is 9.84 Å². The van der Waals surface area contributed by atoms with Crippen LogP contribution in [-0.4, -0.2) is 89.1 Å². The number of likely N-dealkylation sites (tertiary alicyclic amines) is 1. The van der Waals surface area contributed by atoms with Gasteiger partial charge in [0.2, 0.25) is 15.8 Å². The first-order valence-electron chi connectivity index (χ1n) is 14.3. The maximum Gasteiger partial charge on any atom is 0.263 e. The smallest absolute Gasteiger partial charge is 0.263 e. The van der Waals surface area contributed by atoms with Gasteiger partial charge in [0.1, 0.15) is 15.7 Å². The number of benzene rings is 1. The molecule has 0 amide bonds. The number of likely N-dealkylation sites (N-methyl/N-ethyl adjacent to an activating group) is 2. The van der Waals surface area contributed by atoms with E-state index in [4.69, 9.17) is 4.98 Å². The summed E-state index contributed by atoms with van der Waals surface area (Å²) in [5.74, 6) is 0.619. The van der Waals surface area contributed by atoms with Crippen molar-refractivity contribution in [2.75, 3.05) is 51.4 Å². The van der Waals surface area contributed by atoms with E-state index in [1.54, 1.807) is 46.0 Å². The second-order valence-electron chi connectivity index (χ2n) is 11.3. The Balaban J connectivity index is 1.33. The number of fused-ring (bicyclic) bond motifs is 1. The summed E-state index contributed by atoms with van der Waals surface area (Å²) in [6.07, 6.45) is 4.22. The molecule has 230 valence electrons. The van der Waals surface area contributed by atoms with E-state index in [2.05, 4.69) is 32.5 Å². The number of nitrogens with zero attached hydrogens (tertiary/aromatic N) is 7. The van der Waals surface area contributed by atoms with Crippen LogP contribution >= 0.6 is 11.3 Å². The van der Waals surface area contributed by atoms with Crippen molar-refractivity contribution in [3.63, 3.8) is 0 Å². The molecule has 1 saturated heterocycles. The van der Waals surface area contributed by atoms with Crippen molar-refractivity contribution >= 4 is 49.5 Å². The Morgan fingerprint density at radius 3 is 2.55 bits per heavy atom. The summed E-state index contributed by atoms with van der Waals surface area (Å²) in [4.78, 5) is 31.9. The highest BCUT2D eigenvalue weighted by atomic mass is 32.2. The molecule has 1 unspecified atom stereocenters. The van der Waals surface area contributed by atoms with Gasteiger partial charge in [-0.25, -0.2) is 18.4 Å². The lowest BCUT2D eigenvalue weighted by atomic mass is 10.2.